The van der Waals surface area contributed by atoms with Gasteiger partial charge in [-0.25, -0.2) is 0 Å². The molecule has 0 aliphatic heterocycles. The normalized spacial score (nSPS) is 34.6. The van der Waals surface area contributed by atoms with Crippen molar-refractivity contribution in [2.24, 2.45) is 11.8 Å². The van der Waals surface area contributed by atoms with Gasteiger partial charge in [0, 0.05) is 6.61 Å². The number of carboxylic acids is 1. The highest BCUT2D eigenvalue weighted by Crippen LogP contribution is 2.37. The average molecular weight is 116 g/mol. The minimum atomic E-state index is -0.774. The van der Waals surface area contributed by atoms with Crippen LogP contribution in [0.3, 0.4) is 0 Å². The number of hydrogen-bond donors (Lipinski definition) is 2. The second kappa shape index (κ2) is 1.74. The Balaban J connectivity index is 2.26. The lowest BCUT2D eigenvalue weighted by Crippen LogP contribution is -2.00. The van der Waals surface area contributed by atoms with E-state index in [-0.39, 0.29) is 18.4 Å². The van der Waals surface area contributed by atoms with Crippen LogP contribution in [-0.4, -0.2) is 22.8 Å². The molecule has 0 amide bonds. The third-order valence-electron chi connectivity index (χ3n) is 1.47. The quantitative estimate of drug-likeness (QED) is 0.520. The van der Waals surface area contributed by atoms with Gasteiger partial charge in [0.2, 0.25) is 0 Å². The Kier molecular flexibility index (Phi) is 1.21. The molecule has 2 N–H and O–H groups in total. The van der Waals surface area contributed by atoms with Crippen molar-refractivity contribution in [1.82, 2.24) is 0 Å². The summed E-state index contributed by atoms with van der Waals surface area (Å²) in [7, 11) is 0. The lowest BCUT2D eigenvalue weighted by Gasteiger charge is -1.84. The standard InChI is InChI=1S/C5H8O3/c6-2-3-1-4(3)5(7)8/h3-4,6H,1-2H2,(H,7,8)/t3-,4+/m1/s1. The van der Waals surface area contributed by atoms with Gasteiger partial charge in [-0.05, 0) is 12.3 Å². The van der Waals surface area contributed by atoms with Crippen molar-refractivity contribution in [2.45, 2.75) is 6.42 Å². The van der Waals surface area contributed by atoms with Crippen LogP contribution in [0.2, 0.25) is 0 Å². The number of aliphatic hydroxyl groups excluding tert-OH is 1. The minimum Gasteiger partial charge on any atom is -0.481 e. The second-order valence-electron chi connectivity index (χ2n) is 2.12. The SMILES string of the molecule is O=C(O)[C@H]1C[C@@H]1CO. The van der Waals surface area contributed by atoms with Gasteiger partial charge in [-0.1, -0.05) is 0 Å². The minimum absolute atomic E-state index is 0.0248. The van der Waals surface area contributed by atoms with Crippen molar-refractivity contribution in [1.29, 1.82) is 0 Å². The molecular weight excluding hydrogens is 108 g/mol. The number of aliphatic carboxylic acids is 1. The van der Waals surface area contributed by atoms with Gasteiger partial charge in [0.15, 0.2) is 0 Å². The summed E-state index contributed by atoms with van der Waals surface area (Å²) in [4.78, 5) is 10.0. The van der Waals surface area contributed by atoms with Gasteiger partial charge in [0.1, 0.15) is 0 Å². The molecular formula is C5H8O3. The van der Waals surface area contributed by atoms with Gasteiger partial charge < -0.3 is 10.2 Å². The van der Waals surface area contributed by atoms with Crippen LogP contribution >= 0.6 is 0 Å². The van der Waals surface area contributed by atoms with Crippen LogP contribution in [0, 0.1) is 11.8 Å². The molecule has 2 atom stereocenters. The molecule has 1 rings (SSSR count). The summed E-state index contributed by atoms with van der Waals surface area (Å²) in [6.45, 7) is 0.0248. The van der Waals surface area contributed by atoms with E-state index in [4.69, 9.17) is 10.2 Å². The Labute approximate surface area is 46.9 Å². The van der Waals surface area contributed by atoms with Crippen molar-refractivity contribution in [3.8, 4) is 0 Å². The summed E-state index contributed by atoms with van der Waals surface area (Å²) in [6, 6.07) is 0. The van der Waals surface area contributed by atoms with Gasteiger partial charge in [-0.2, -0.15) is 0 Å². The molecule has 1 aliphatic carbocycles. The fourth-order valence-corrected chi connectivity index (χ4v) is 0.752. The first-order valence-corrected chi connectivity index (χ1v) is 2.59. The molecule has 0 heterocycles. The van der Waals surface area contributed by atoms with E-state index in [1.165, 1.54) is 0 Å². The summed E-state index contributed by atoms with van der Waals surface area (Å²) in [6.07, 6.45) is 0.659. The molecule has 1 saturated carbocycles. The Hall–Kier alpha value is -0.570. The van der Waals surface area contributed by atoms with Crippen molar-refractivity contribution >= 4 is 5.97 Å². The van der Waals surface area contributed by atoms with E-state index in [0.717, 1.165) is 0 Å². The number of aliphatic hydroxyl groups is 1. The molecule has 0 aromatic heterocycles. The maximum absolute atomic E-state index is 10.0. The zero-order valence-electron chi connectivity index (χ0n) is 4.37. The highest BCUT2D eigenvalue weighted by Gasteiger charge is 2.42. The van der Waals surface area contributed by atoms with Crippen molar-refractivity contribution < 1.29 is 15.0 Å². The Bertz CT molecular complexity index is 110. The third kappa shape index (κ3) is 0.816. The van der Waals surface area contributed by atoms with Crippen molar-refractivity contribution in [3.63, 3.8) is 0 Å². The molecule has 0 aromatic rings. The van der Waals surface area contributed by atoms with Gasteiger partial charge in [0.25, 0.3) is 0 Å². The first-order chi connectivity index (χ1) is 3.75. The summed E-state index contributed by atoms with van der Waals surface area (Å²) in [5, 5.41) is 16.6. The van der Waals surface area contributed by atoms with Crippen LogP contribution in [-0.2, 0) is 4.79 Å². The number of carboxylic acid groups (broad SMARTS) is 1. The lowest BCUT2D eigenvalue weighted by molar-refractivity contribution is -0.139. The lowest BCUT2D eigenvalue weighted by atomic mass is 10.3. The average Bonchev–Trinajstić information content (AvgIpc) is 2.42. The monoisotopic (exact) mass is 116 g/mol. The largest absolute Gasteiger partial charge is 0.481 e. The van der Waals surface area contributed by atoms with Crippen molar-refractivity contribution in [2.75, 3.05) is 6.61 Å². The molecule has 0 aromatic carbocycles. The molecule has 3 nitrogen and oxygen atoms in total. The topological polar surface area (TPSA) is 57.5 Å². The highest BCUT2D eigenvalue weighted by molar-refractivity contribution is 5.73. The van der Waals surface area contributed by atoms with E-state index in [9.17, 15) is 4.79 Å². The van der Waals surface area contributed by atoms with Crippen LogP contribution in [0.1, 0.15) is 6.42 Å². The molecule has 3 heteroatoms. The molecule has 0 unspecified atom stereocenters. The van der Waals surface area contributed by atoms with E-state index in [1.54, 1.807) is 0 Å². The molecule has 1 fully saturated rings. The molecule has 0 saturated heterocycles. The summed E-state index contributed by atoms with van der Waals surface area (Å²) < 4.78 is 0. The highest BCUT2D eigenvalue weighted by atomic mass is 16.4. The van der Waals surface area contributed by atoms with E-state index < -0.39 is 5.97 Å². The first kappa shape index (κ1) is 5.56. The smallest absolute Gasteiger partial charge is 0.306 e. The molecule has 46 valence electrons. The maximum Gasteiger partial charge on any atom is 0.306 e. The van der Waals surface area contributed by atoms with Crippen LogP contribution in [0.5, 0.6) is 0 Å². The zero-order chi connectivity index (χ0) is 6.15. The van der Waals surface area contributed by atoms with Crippen LogP contribution in [0.4, 0.5) is 0 Å². The van der Waals surface area contributed by atoms with Gasteiger partial charge in [-0.15, -0.1) is 0 Å². The Morgan fingerprint density at radius 1 is 1.75 bits per heavy atom. The van der Waals surface area contributed by atoms with E-state index in [1.807, 2.05) is 0 Å². The summed E-state index contributed by atoms with van der Waals surface area (Å²) in [5.74, 6) is -0.975. The van der Waals surface area contributed by atoms with Gasteiger partial charge in [0.05, 0.1) is 5.92 Å². The van der Waals surface area contributed by atoms with Crippen LogP contribution in [0.25, 0.3) is 0 Å². The molecule has 0 radical (unpaired) electrons. The molecule has 0 bridgehead atoms. The first-order valence-electron chi connectivity index (χ1n) is 2.59. The number of rotatable bonds is 2. The predicted molar refractivity (Wildman–Crippen MR) is 26.3 cm³/mol. The second-order valence-corrected chi connectivity index (χ2v) is 2.12. The summed E-state index contributed by atoms with van der Waals surface area (Å²) in [5.41, 5.74) is 0. The maximum atomic E-state index is 10.0. The van der Waals surface area contributed by atoms with Crippen LogP contribution in [0.15, 0.2) is 0 Å². The number of carbonyl (C=O) groups is 1. The molecule has 0 spiro atoms. The molecule has 8 heavy (non-hydrogen) atoms. The number of hydrogen-bond acceptors (Lipinski definition) is 2. The van der Waals surface area contributed by atoms with E-state index in [0.29, 0.717) is 6.42 Å². The van der Waals surface area contributed by atoms with Gasteiger partial charge >= 0.3 is 5.97 Å². The van der Waals surface area contributed by atoms with E-state index in [2.05, 4.69) is 0 Å². The van der Waals surface area contributed by atoms with Gasteiger partial charge in [-0.3, -0.25) is 4.79 Å². The molecule has 1 aliphatic rings. The fraction of sp³-hybridized carbons (Fsp3) is 0.800. The third-order valence-corrected chi connectivity index (χ3v) is 1.47. The zero-order valence-corrected chi connectivity index (χ0v) is 4.37. The summed E-state index contributed by atoms with van der Waals surface area (Å²) >= 11 is 0. The fourth-order valence-electron chi connectivity index (χ4n) is 0.752. The van der Waals surface area contributed by atoms with Crippen LogP contribution < -0.4 is 0 Å². The van der Waals surface area contributed by atoms with E-state index >= 15 is 0 Å². The van der Waals surface area contributed by atoms with Crippen molar-refractivity contribution in [3.05, 3.63) is 0 Å². The Morgan fingerprint density at radius 3 is 2.50 bits per heavy atom. The predicted octanol–water partition coefficient (Wildman–Crippen LogP) is -0.301. The Morgan fingerprint density at radius 2 is 2.38 bits per heavy atom.